The zero-order chi connectivity index (χ0) is 47.0. The second-order valence-corrected chi connectivity index (χ2v) is 17.3. The molecule has 0 aliphatic rings. The Labute approximate surface area is 391 Å². The first-order valence-corrected chi connectivity index (χ1v) is 24.9. The number of nitrogens with zero attached hydrogens (tertiary/aromatic N) is 1. The number of quaternary nitrogens is 1. The minimum Gasteiger partial charge on any atom is -0.544 e. The van der Waals surface area contributed by atoms with Gasteiger partial charge in [-0.2, -0.15) is 0 Å². The number of likely N-dealkylation sites (N-methyl/N-ethyl adjacent to an activating group) is 1. The van der Waals surface area contributed by atoms with Crippen LogP contribution in [0.25, 0.3) is 0 Å². The van der Waals surface area contributed by atoms with E-state index in [2.05, 4.69) is 123 Å². The van der Waals surface area contributed by atoms with Crippen LogP contribution in [0.3, 0.4) is 0 Å². The van der Waals surface area contributed by atoms with Crippen LogP contribution < -0.4 is 5.11 Å². The van der Waals surface area contributed by atoms with E-state index in [4.69, 9.17) is 14.2 Å². The van der Waals surface area contributed by atoms with Gasteiger partial charge in [0.15, 0.2) is 6.10 Å². The minimum absolute atomic E-state index is 0.0193. The summed E-state index contributed by atoms with van der Waals surface area (Å²) in [5.74, 6) is -1.79. The number of carbonyl (C=O) groups is 3. The van der Waals surface area contributed by atoms with Gasteiger partial charge in [-0.25, -0.2) is 0 Å². The molecule has 8 nitrogen and oxygen atoms in total. The van der Waals surface area contributed by atoms with Gasteiger partial charge in [0.25, 0.3) is 0 Å². The Morgan fingerprint density at radius 3 is 1.22 bits per heavy atom. The van der Waals surface area contributed by atoms with Crippen LogP contribution in [-0.4, -0.2) is 75.5 Å². The van der Waals surface area contributed by atoms with Crippen molar-refractivity contribution in [2.24, 2.45) is 0 Å². The molecule has 2 unspecified atom stereocenters. The highest BCUT2D eigenvalue weighted by molar-refractivity contribution is 5.70. The Morgan fingerprint density at radius 1 is 0.469 bits per heavy atom. The maximum Gasteiger partial charge on any atom is 0.306 e. The van der Waals surface area contributed by atoms with Crippen molar-refractivity contribution in [2.45, 2.75) is 187 Å². The SMILES string of the molecule is CC/C=C/C/C=C/C/C=C/C/C=C/C/C=C/CCCCCCC(=O)OC(COCCC(C(=O)[O-])[N+](C)(C)C)COC(=O)CCCCCCCCC/C=C/C/C=C/C/C=C/C/C=C/CC. The molecule has 0 aliphatic carbocycles. The smallest absolute Gasteiger partial charge is 0.306 e. The van der Waals surface area contributed by atoms with Gasteiger partial charge in [-0.1, -0.05) is 168 Å². The number of hydrogen-bond acceptors (Lipinski definition) is 7. The lowest BCUT2D eigenvalue weighted by molar-refractivity contribution is -0.889. The highest BCUT2D eigenvalue weighted by Crippen LogP contribution is 2.13. The highest BCUT2D eigenvalue weighted by atomic mass is 16.6. The van der Waals surface area contributed by atoms with Crippen molar-refractivity contribution in [3.05, 3.63) is 109 Å². The third-order valence-electron chi connectivity index (χ3n) is 10.4. The molecule has 0 heterocycles. The third kappa shape index (κ3) is 43.3. The number of carboxylic acids is 1. The van der Waals surface area contributed by atoms with Crippen LogP contribution in [0, 0.1) is 0 Å². The van der Waals surface area contributed by atoms with Crippen LogP contribution in [0.2, 0.25) is 0 Å². The number of unbranched alkanes of at least 4 members (excludes halogenated alkanes) is 11. The van der Waals surface area contributed by atoms with Crippen LogP contribution in [0.1, 0.15) is 174 Å². The first-order valence-electron chi connectivity index (χ1n) is 24.9. The molecule has 0 rings (SSSR count). The molecular weight excluding hydrogens is 799 g/mol. The number of allylic oxidation sites excluding steroid dienone is 18. The fraction of sp³-hybridized carbons (Fsp3) is 0.625. The van der Waals surface area contributed by atoms with Crippen molar-refractivity contribution in [3.63, 3.8) is 0 Å². The summed E-state index contributed by atoms with van der Waals surface area (Å²) in [7, 11) is 5.39. The number of aliphatic carboxylic acids is 1. The second kappa shape index (κ2) is 45.6. The van der Waals surface area contributed by atoms with Crippen LogP contribution in [-0.2, 0) is 28.6 Å². The van der Waals surface area contributed by atoms with Crippen LogP contribution in [0.15, 0.2) is 109 Å². The first kappa shape index (κ1) is 60.0. The summed E-state index contributed by atoms with van der Waals surface area (Å²) in [5.41, 5.74) is 0. The number of carboxylic acid groups (broad SMARTS) is 1. The molecule has 362 valence electrons. The molecule has 0 saturated heterocycles. The lowest BCUT2D eigenvalue weighted by Crippen LogP contribution is -2.55. The van der Waals surface area contributed by atoms with E-state index in [1.807, 2.05) is 0 Å². The van der Waals surface area contributed by atoms with Crippen LogP contribution >= 0.6 is 0 Å². The van der Waals surface area contributed by atoms with Gasteiger partial charge < -0.3 is 28.6 Å². The van der Waals surface area contributed by atoms with E-state index in [1.54, 1.807) is 21.1 Å². The largest absolute Gasteiger partial charge is 0.544 e. The summed E-state index contributed by atoms with van der Waals surface area (Å²) < 4.78 is 17.2. The normalized spacial score (nSPS) is 13.8. The predicted molar refractivity (Wildman–Crippen MR) is 268 cm³/mol. The van der Waals surface area contributed by atoms with Gasteiger partial charge in [-0.05, 0) is 96.3 Å². The monoisotopic (exact) mass is 890 g/mol. The van der Waals surface area contributed by atoms with Crippen LogP contribution in [0.5, 0.6) is 0 Å². The first-order chi connectivity index (χ1) is 31.1. The molecule has 0 saturated carbocycles. The van der Waals surface area contributed by atoms with Gasteiger partial charge in [0.05, 0.1) is 40.3 Å². The van der Waals surface area contributed by atoms with Crippen molar-refractivity contribution in [2.75, 3.05) is 41.0 Å². The van der Waals surface area contributed by atoms with E-state index in [1.165, 1.54) is 19.3 Å². The van der Waals surface area contributed by atoms with E-state index in [0.29, 0.717) is 6.42 Å². The van der Waals surface area contributed by atoms with E-state index in [0.717, 1.165) is 122 Å². The fourth-order valence-corrected chi connectivity index (χ4v) is 6.62. The van der Waals surface area contributed by atoms with Crippen molar-refractivity contribution in [3.8, 4) is 0 Å². The number of esters is 2. The summed E-state index contributed by atoms with van der Waals surface area (Å²) in [6, 6.07) is -0.740. The Morgan fingerprint density at radius 2 is 0.828 bits per heavy atom. The molecular formula is C56H91NO7. The zero-order valence-electron chi connectivity index (χ0n) is 41.2. The van der Waals surface area contributed by atoms with Crippen LogP contribution in [0.4, 0.5) is 0 Å². The summed E-state index contributed by atoms with van der Waals surface area (Å²) in [6.07, 6.45) is 62.5. The Bertz CT molecular complexity index is 1410. The minimum atomic E-state index is -1.14. The van der Waals surface area contributed by atoms with Gasteiger partial charge >= 0.3 is 11.9 Å². The molecule has 0 fully saturated rings. The Kier molecular flexibility index (Phi) is 42.7. The third-order valence-corrected chi connectivity index (χ3v) is 10.4. The number of rotatable bonds is 43. The second-order valence-electron chi connectivity index (χ2n) is 17.3. The molecule has 0 aromatic carbocycles. The van der Waals surface area contributed by atoms with Crippen molar-refractivity contribution >= 4 is 17.9 Å². The highest BCUT2D eigenvalue weighted by Gasteiger charge is 2.25. The summed E-state index contributed by atoms with van der Waals surface area (Å²) in [6.45, 7) is 4.38. The van der Waals surface area contributed by atoms with E-state index in [-0.39, 0.29) is 49.1 Å². The summed E-state index contributed by atoms with van der Waals surface area (Å²) in [4.78, 5) is 37.0. The van der Waals surface area contributed by atoms with Gasteiger partial charge in [0, 0.05) is 19.3 Å². The average molecular weight is 890 g/mol. The zero-order valence-corrected chi connectivity index (χ0v) is 41.2. The standard InChI is InChI=1S/C56H91NO7/c1-6-8-10-12-14-16-18-20-22-24-26-28-30-32-34-36-38-40-42-44-46-54(58)63-51-52(50-62-49-48-53(56(60)61)57(3,4)5)64-55(59)47-45-43-41-39-37-35-33-31-29-27-25-23-21-19-17-15-13-11-9-7-2/h8-11,14-17,20-23,26-29,33,35,52-53H,6-7,12-13,18-19,24-25,30-32,34,36-51H2,1-5H3/b10-8+,11-9+,16-14+,17-15+,22-20+,23-21+,28-26+,29-27+,35-33+. The lowest BCUT2D eigenvalue weighted by Gasteiger charge is -2.34. The van der Waals surface area contributed by atoms with Gasteiger partial charge in [-0.15, -0.1) is 0 Å². The molecule has 0 aromatic rings. The predicted octanol–water partition coefficient (Wildman–Crippen LogP) is 13.1. The van der Waals surface area contributed by atoms with Gasteiger partial charge in [0.2, 0.25) is 0 Å². The Hall–Kier alpha value is -4.01. The molecule has 8 heteroatoms. The maximum absolute atomic E-state index is 12.8. The molecule has 64 heavy (non-hydrogen) atoms. The molecule has 0 N–H and O–H groups in total. The molecule has 0 aromatic heterocycles. The molecule has 0 bridgehead atoms. The topological polar surface area (TPSA) is 102 Å². The molecule has 0 radical (unpaired) electrons. The number of carbonyl (C=O) groups excluding carboxylic acids is 3. The maximum atomic E-state index is 12.8. The van der Waals surface area contributed by atoms with Gasteiger partial charge in [0.1, 0.15) is 12.6 Å². The van der Waals surface area contributed by atoms with E-state index in [9.17, 15) is 19.5 Å². The molecule has 0 spiro atoms. The molecule has 0 aliphatic heterocycles. The number of hydrogen-bond donors (Lipinski definition) is 0. The van der Waals surface area contributed by atoms with Gasteiger partial charge in [-0.3, -0.25) is 9.59 Å². The van der Waals surface area contributed by atoms with Crippen molar-refractivity contribution < 1.29 is 38.2 Å². The average Bonchev–Trinajstić information content (AvgIpc) is 3.26. The summed E-state index contributed by atoms with van der Waals surface area (Å²) >= 11 is 0. The number of ether oxygens (including phenoxy) is 3. The van der Waals surface area contributed by atoms with E-state index < -0.39 is 18.1 Å². The lowest BCUT2D eigenvalue weighted by atomic mass is 10.1. The quantitative estimate of drug-likeness (QED) is 0.0260. The van der Waals surface area contributed by atoms with E-state index >= 15 is 0 Å². The molecule has 0 amide bonds. The fourth-order valence-electron chi connectivity index (χ4n) is 6.62. The molecule has 2 atom stereocenters. The van der Waals surface area contributed by atoms with Crippen molar-refractivity contribution in [1.29, 1.82) is 0 Å². The summed E-state index contributed by atoms with van der Waals surface area (Å²) in [5, 5.41) is 11.7. The van der Waals surface area contributed by atoms with Crippen molar-refractivity contribution in [1.82, 2.24) is 0 Å². The Balaban J connectivity index is 4.37.